The predicted octanol–water partition coefficient (Wildman–Crippen LogP) is 4.56. The number of carbonyl (C=O) groups is 5. The van der Waals surface area contributed by atoms with Gasteiger partial charge in [0.15, 0.2) is 0 Å². The summed E-state index contributed by atoms with van der Waals surface area (Å²) in [5.41, 5.74) is 9.52. The van der Waals surface area contributed by atoms with E-state index in [1.807, 2.05) is 32.0 Å². The molecule has 3 fully saturated rings. The van der Waals surface area contributed by atoms with Crippen molar-refractivity contribution in [3.8, 4) is 40.0 Å². The number of likely N-dealkylation sites (tertiary alicyclic amines) is 1. The van der Waals surface area contributed by atoms with E-state index in [0.717, 1.165) is 52.1 Å². The second-order valence-corrected chi connectivity index (χ2v) is 20.7. The number of hydrazine groups is 1. The van der Waals surface area contributed by atoms with Crippen LogP contribution in [0.25, 0.3) is 33.3 Å². The number of hydrogen-bond donors (Lipinski definition) is 3. The van der Waals surface area contributed by atoms with Gasteiger partial charge in [-0.15, -0.1) is 0 Å². The van der Waals surface area contributed by atoms with Crippen LogP contribution in [0, 0.1) is 29.1 Å². The molecule has 6 heterocycles. The number of rotatable bonds is 10. The summed E-state index contributed by atoms with van der Waals surface area (Å²) in [6, 6.07) is 12.4. The van der Waals surface area contributed by atoms with Crippen LogP contribution in [0.3, 0.4) is 0 Å². The Hall–Kier alpha value is -6.32. The van der Waals surface area contributed by atoms with Crippen molar-refractivity contribution >= 4 is 40.5 Å². The Kier molecular flexibility index (Phi) is 16.3. The molecule has 8 rings (SSSR count). The molecule has 2 aromatic carbocycles. The lowest BCUT2D eigenvalue weighted by Crippen LogP contribution is -2.62. The van der Waals surface area contributed by atoms with Crippen LogP contribution in [0.2, 0.25) is 0 Å². The Bertz CT molecular complexity index is 2740. The van der Waals surface area contributed by atoms with Gasteiger partial charge in [-0.3, -0.25) is 38.9 Å². The number of carbonyl (C=O) groups excluding carboxylic acids is 5. The summed E-state index contributed by atoms with van der Waals surface area (Å²) in [5.74, 6) is 2.67. The van der Waals surface area contributed by atoms with Crippen molar-refractivity contribution < 1.29 is 43.3 Å². The highest BCUT2D eigenvalue weighted by Crippen LogP contribution is 2.41. The summed E-state index contributed by atoms with van der Waals surface area (Å²) in [6.45, 7) is 15.1. The maximum Gasteiger partial charge on any atom is 0.324 e. The van der Waals surface area contributed by atoms with E-state index in [9.17, 15) is 29.1 Å². The normalized spacial score (nSPS) is 21.1. The number of hydrogen-bond acceptors (Lipinski definition) is 12. The summed E-state index contributed by atoms with van der Waals surface area (Å²) >= 11 is 0. The fourth-order valence-corrected chi connectivity index (χ4v) is 10.7. The van der Waals surface area contributed by atoms with Gasteiger partial charge in [0.25, 0.3) is 11.8 Å². The van der Waals surface area contributed by atoms with Gasteiger partial charge >= 0.3 is 5.97 Å². The molecule has 0 aliphatic carbocycles. The lowest BCUT2D eigenvalue weighted by atomic mass is 9.84. The monoisotopic (exact) mass is 987 g/mol. The number of pyridine rings is 1. The summed E-state index contributed by atoms with van der Waals surface area (Å²) in [7, 11) is 3.24. The second kappa shape index (κ2) is 22.6. The van der Waals surface area contributed by atoms with Crippen LogP contribution >= 0.6 is 0 Å². The maximum atomic E-state index is 14.8. The Morgan fingerprint density at radius 3 is 2.58 bits per heavy atom. The molecule has 4 amide bonds. The van der Waals surface area contributed by atoms with E-state index in [-0.39, 0.29) is 49.6 Å². The molecule has 1 unspecified atom stereocenters. The number of phenolic OH excluding ortho intramolecular Hbond substituents is 1. The first kappa shape index (κ1) is 52.0. The molecule has 4 atom stereocenters. The maximum absolute atomic E-state index is 14.8. The number of ether oxygens (including phenoxy) is 3. The summed E-state index contributed by atoms with van der Waals surface area (Å²) in [5, 5.41) is 16.8. The van der Waals surface area contributed by atoms with Crippen molar-refractivity contribution in [3.63, 3.8) is 0 Å². The minimum atomic E-state index is -1.18. The van der Waals surface area contributed by atoms with Gasteiger partial charge in [-0.2, -0.15) is 0 Å². The summed E-state index contributed by atoms with van der Waals surface area (Å²) in [4.78, 5) is 80.6. The number of phenols is 1. The quantitative estimate of drug-likeness (QED) is 0.149. The number of cyclic esters (lactones) is 1. The zero-order chi connectivity index (χ0) is 51.3. The SMILES string of the molecule is CCn1c(-c2cccnc2COC)c2c3cc(ccc31)-c1cc(O)cc(c1)CC(NC(=O)[C@H](C(C)C)N(C)C(=O)[C@H]1CCN(C(=O)C#CCN3CCOCC3)C1)C(=O)N1CCC[C@H](N1)C(=O)OCC(C)(C)C2. The van der Waals surface area contributed by atoms with Crippen molar-refractivity contribution in [1.29, 1.82) is 0 Å². The van der Waals surface area contributed by atoms with Crippen LogP contribution in [-0.4, -0.2) is 155 Å². The van der Waals surface area contributed by atoms with E-state index in [1.165, 1.54) is 9.91 Å². The Balaban J connectivity index is 1.11. The zero-order valence-corrected chi connectivity index (χ0v) is 42.8. The van der Waals surface area contributed by atoms with E-state index < -0.39 is 47.2 Å². The first-order chi connectivity index (χ1) is 34.5. The summed E-state index contributed by atoms with van der Waals surface area (Å²) in [6.07, 6.45) is 3.65. The number of esters is 1. The fraction of sp³-hybridized carbons (Fsp3) is 0.527. The highest BCUT2D eigenvalue weighted by Gasteiger charge is 2.40. The molecule has 3 N–H and O–H groups in total. The topological polar surface area (TPSA) is 188 Å². The number of amides is 4. The van der Waals surface area contributed by atoms with Gasteiger partial charge in [-0.1, -0.05) is 45.7 Å². The van der Waals surface area contributed by atoms with Gasteiger partial charge in [0.1, 0.15) is 23.9 Å². The molecule has 0 spiro atoms. The Labute approximate surface area is 422 Å². The number of methoxy groups -OCH3 is 1. The molecule has 0 radical (unpaired) electrons. The number of aromatic hydroxyl groups is 1. The van der Waals surface area contributed by atoms with Gasteiger partial charge in [-0.25, -0.2) is 5.43 Å². The molecule has 6 bridgehead atoms. The van der Waals surface area contributed by atoms with E-state index in [2.05, 4.69) is 71.0 Å². The van der Waals surface area contributed by atoms with Crippen molar-refractivity contribution in [3.05, 3.63) is 71.5 Å². The largest absolute Gasteiger partial charge is 0.508 e. The average Bonchev–Trinajstić information content (AvgIpc) is 3.98. The minimum absolute atomic E-state index is 0.0151. The van der Waals surface area contributed by atoms with Crippen LogP contribution in [0.15, 0.2) is 54.7 Å². The third-order valence-electron chi connectivity index (χ3n) is 14.4. The van der Waals surface area contributed by atoms with E-state index >= 15 is 0 Å². The smallest absolute Gasteiger partial charge is 0.324 e. The molecule has 0 saturated carbocycles. The number of likely N-dealkylation sites (N-methyl/N-ethyl adjacent to an activating group) is 1. The van der Waals surface area contributed by atoms with Crippen molar-refractivity contribution in [2.45, 2.75) is 98.0 Å². The van der Waals surface area contributed by atoms with Crippen molar-refractivity contribution in [2.24, 2.45) is 17.3 Å². The Morgan fingerprint density at radius 2 is 1.83 bits per heavy atom. The van der Waals surface area contributed by atoms with Gasteiger partial charge in [0.05, 0.1) is 50.3 Å². The molecule has 3 saturated heterocycles. The molecule has 384 valence electrons. The molecule has 17 nitrogen and oxygen atoms in total. The first-order valence-electron chi connectivity index (χ1n) is 25.4. The highest BCUT2D eigenvalue weighted by molar-refractivity contribution is 5.97. The predicted molar refractivity (Wildman–Crippen MR) is 272 cm³/mol. The van der Waals surface area contributed by atoms with E-state index in [1.54, 1.807) is 37.4 Å². The van der Waals surface area contributed by atoms with Crippen LogP contribution < -0.4 is 10.7 Å². The third-order valence-corrected chi connectivity index (χ3v) is 14.4. The van der Waals surface area contributed by atoms with E-state index in [4.69, 9.17) is 19.2 Å². The number of morpholine rings is 1. The molecular formula is C55H70N8O9. The van der Waals surface area contributed by atoms with Crippen LogP contribution in [0.5, 0.6) is 5.75 Å². The van der Waals surface area contributed by atoms with Crippen molar-refractivity contribution in [2.75, 3.05) is 73.2 Å². The van der Waals surface area contributed by atoms with Gasteiger partial charge in [0, 0.05) is 87.9 Å². The zero-order valence-electron chi connectivity index (χ0n) is 42.8. The lowest BCUT2D eigenvalue weighted by Gasteiger charge is -2.37. The third kappa shape index (κ3) is 11.6. The number of nitrogens with zero attached hydrogens (tertiary/aromatic N) is 6. The highest BCUT2D eigenvalue weighted by atomic mass is 16.5. The molecule has 2 aromatic heterocycles. The van der Waals surface area contributed by atoms with Crippen molar-refractivity contribution in [1.82, 2.24) is 40.0 Å². The number of nitrogens with one attached hydrogen (secondary N) is 2. The minimum Gasteiger partial charge on any atom is -0.508 e. The van der Waals surface area contributed by atoms with Gasteiger partial charge in [-0.05, 0) is 103 Å². The lowest BCUT2D eigenvalue weighted by molar-refractivity contribution is -0.155. The molecule has 17 heteroatoms. The number of fused-ring (bicyclic) bond motifs is 6. The number of benzene rings is 2. The van der Waals surface area contributed by atoms with Crippen LogP contribution in [0.4, 0.5) is 0 Å². The van der Waals surface area contributed by atoms with Gasteiger partial charge < -0.3 is 39.0 Å². The molecule has 4 aliphatic rings. The van der Waals surface area contributed by atoms with Crippen LogP contribution in [-0.2, 0) is 64.2 Å². The fourth-order valence-electron chi connectivity index (χ4n) is 10.7. The number of aryl methyl sites for hydroxylation is 1. The standard InChI is InChI=1S/C55H70N8O9/c1-8-62-47-16-15-37-30-42(47)43(50(62)41-12-9-18-56-46(41)33-70-7)31-55(4,5)34-72-54(69)44-13-10-20-63(58-44)53(68)45(28-36-26-39(37)29-40(64)27-36)57-51(66)49(35(2)3)59(6)52(67)38-17-21-61(32-38)48(65)14-11-19-60-22-24-71-25-23-60/h9,12,15-16,18,26-27,29-30,35,38,44-45,49,58,64H,8,10,13,17,19-25,28,31-34H2,1-7H3,(H,57,66)/t38-,44-,45?,49-/m0/s1. The Morgan fingerprint density at radius 1 is 1.04 bits per heavy atom. The first-order valence-corrected chi connectivity index (χ1v) is 25.4. The molecule has 72 heavy (non-hydrogen) atoms. The molecule has 4 aromatic rings. The van der Waals surface area contributed by atoms with Crippen LogP contribution in [0.1, 0.15) is 70.7 Å². The molecule has 4 aliphatic heterocycles. The van der Waals surface area contributed by atoms with E-state index in [0.29, 0.717) is 76.3 Å². The second-order valence-electron chi connectivity index (χ2n) is 20.7. The number of aromatic nitrogens is 2. The summed E-state index contributed by atoms with van der Waals surface area (Å²) < 4.78 is 19.4. The molecular weight excluding hydrogens is 917 g/mol. The average molecular weight is 987 g/mol. The van der Waals surface area contributed by atoms with Gasteiger partial charge in [0.2, 0.25) is 11.8 Å².